The highest BCUT2D eigenvalue weighted by atomic mass is 32.2. The Morgan fingerprint density at radius 3 is 2.39 bits per heavy atom. The number of rotatable bonds is 13. The molecule has 0 aliphatic carbocycles. The Bertz CT molecular complexity index is 1580. The van der Waals surface area contributed by atoms with E-state index in [9.17, 15) is 13.5 Å². The van der Waals surface area contributed by atoms with Crippen molar-refractivity contribution in [2.24, 2.45) is 0 Å². The Kier molecular flexibility index (Phi) is 9.58. The minimum atomic E-state index is -4.21. The van der Waals surface area contributed by atoms with E-state index in [0.717, 1.165) is 11.1 Å². The zero-order chi connectivity index (χ0) is 29.4. The van der Waals surface area contributed by atoms with Gasteiger partial charge in [-0.1, -0.05) is 44.2 Å². The van der Waals surface area contributed by atoms with Crippen LogP contribution >= 0.6 is 0 Å². The number of para-hydroxylation sites is 2. The number of nitrogens with one attached hydrogen (secondary N) is 1. The first-order valence-corrected chi connectivity index (χ1v) is 14.3. The highest BCUT2D eigenvalue weighted by Gasteiger charge is 2.26. The SMILES string of the molecule is COc1cccc(Cc2nc(NS(=O)(=O)c3ccc(C(C)C)cn3)c(Oc3ccccc3OC)c(OCCO)n2)c1. The summed E-state index contributed by atoms with van der Waals surface area (Å²) >= 11 is 0. The van der Waals surface area contributed by atoms with Gasteiger partial charge < -0.3 is 24.1 Å². The Hall–Kier alpha value is -4.42. The van der Waals surface area contributed by atoms with E-state index in [1.807, 2.05) is 32.0 Å². The van der Waals surface area contributed by atoms with Crippen LogP contribution in [0.5, 0.6) is 28.9 Å². The molecule has 0 atom stereocenters. The van der Waals surface area contributed by atoms with E-state index in [1.54, 1.807) is 43.5 Å². The second-order valence-corrected chi connectivity index (χ2v) is 10.8. The number of aromatic nitrogens is 3. The van der Waals surface area contributed by atoms with Crippen LogP contribution in [0.1, 0.15) is 36.7 Å². The number of pyridine rings is 1. The number of hydrogen-bond acceptors (Lipinski definition) is 10. The van der Waals surface area contributed by atoms with E-state index >= 15 is 0 Å². The largest absolute Gasteiger partial charge is 0.497 e. The fraction of sp³-hybridized carbons (Fsp3) is 0.276. The first-order chi connectivity index (χ1) is 19.7. The number of aliphatic hydroxyl groups is 1. The van der Waals surface area contributed by atoms with Crippen molar-refractivity contribution in [1.29, 1.82) is 0 Å². The molecule has 4 aromatic rings. The van der Waals surface area contributed by atoms with Crippen LogP contribution in [0.4, 0.5) is 5.82 Å². The van der Waals surface area contributed by atoms with Crippen molar-refractivity contribution in [2.75, 3.05) is 32.2 Å². The number of anilines is 1. The van der Waals surface area contributed by atoms with Crippen LogP contribution < -0.4 is 23.7 Å². The normalized spacial score (nSPS) is 11.3. The second-order valence-electron chi connectivity index (χ2n) is 9.17. The van der Waals surface area contributed by atoms with Gasteiger partial charge in [0.05, 0.1) is 20.8 Å². The molecule has 11 nitrogen and oxygen atoms in total. The minimum Gasteiger partial charge on any atom is -0.497 e. The molecule has 2 aromatic carbocycles. The lowest BCUT2D eigenvalue weighted by Crippen LogP contribution is -2.18. The summed E-state index contributed by atoms with van der Waals surface area (Å²) in [6.07, 6.45) is 1.74. The van der Waals surface area contributed by atoms with Gasteiger partial charge in [-0.25, -0.2) is 9.97 Å². The second kappa shape index (κ2) is 13.3. The molecule has 0 bridgehead atoms. The van der Waals surface area contributed by atoms with Crippen LogP contribution in [0.15, 0.2) is 71.9 Å². The van der Waals surface area contributed by atoms with Crippen molar-refractivity contribution in [3.63, 3.8) is 0 Å². The van der Waals surface area contributed by atoms with Crippen LogP contribution in [0.25, 0.3) is 0 Å². The average molecular weight is 581 g/mol. The summed E-state index contributed by atoms with van der Waals surface area (Å²) in [6, 6.07) is 17.3. The molecule has 0 saturated carbocycles. The van der Waals surface area contributed by atoms with Crippen molar-refractivity contribution in [2.45, 2.75) is 31.2 Å². The highest BCUT2D eigenvalue weighted by Crippen LogP contribution is 2.40. The Balaban J connectivity index is 1.82. The van der Waals surface area contributed by atoms with Crippen LogP contribution in [0, 0.1) is 0 Å². The van der Waals surface area contributed by atoms with Crippen LogP contribution in [-0.2, 0) is 16.4 Å². The molecule has 0 aliphatic rings. The fourth-order valence-corrected chi connectivity index (χ4v) is 4.74. The summed E-state index contributed by atoms with van der Waals surface area (Å²) in [5.41, 5.74) is 1.71. The quantitative estimate of drug-likeness (QED) is 0.231. The van der Waals surface area contributed by atoms with Gasteiger partial charge in [-0.15, -0.1) is 0 Å². The zero-order valence-corrected chi connectivity index (χ0v) is 24.0. The predicted molar refractivity (Wildman–Crippen MR) is 153 cm³/mol. The molecule has 216 valence electrons. The lowest BCUT2D eigenvalue weighted by Gasteiger charge is -2.18. The van der Waals surface area contributed by atoms with Gasteiger partial charge >= 0.3 is 0 Å². The number of benzene rings is 2. The van der Waals surface area contributed by atoms with Gasteiger partial charge in [0.2, 0.25) is 5.75 Å². The number of methoxy groups -OCH3 is 2. The molecule has 2 aromatic heterocycles. The molecule has 2 heterocycles. The minimum absolute atomic E-state index is 0.0707. The maximum atomic E-state index is 13.5. The van der Waals surface area contributed by atoms with Gasteiger partial charge in [-0.05, 0) is 47.4 Å². The van der Waals surface area contributed by atoms with Gasteiger partial charge in [0.15, 0.2) is 22.3 Å². The summed E-state index contributed by atoms with van der Waals surface area (Å²) in [5, 5.41) is 9.26. The molecule has 0 spiro atoms. The molecular weight excluding hydrogens is 548 g/mol. The van der Waals surface area contributed by atoms with Crippen LogP contribution in [0.3, 0.4) is 0 Å². The Morgan fingerprint density at radius 2 is 1.73 bits per heavy atom. The lowest BCUT2D eigenvalue weighted by molar-refractivity contribution is 0.192. The summed E-state index contributed by atoms with van der Waals surface area (Å²) in [4.78, 5) is 13.2. The smallest absolute Gasteiger partial charge is 0.280 e. The molecule has 0 fully saturated rings. The van der Waals surface area contributed by atoms with Gasteiger partial charge in [-0.3, -0.25) is 4.72 Å². The molecule has 0 aliphatic heterocycles. The Labute approximate surface area is 239 Å². The maximum Gasteiger partial charge on any atom is 0.280 e. The van der Waals surface area contributed by atoms with Crippen molar-refractivity contribution >= 4 is 15.8 Å². The van der Waals surface area contributed by atoms with E-state index in [-0.39, 0.29) is 59.6 Å². The molecule has 4 rings (SSSR count). The third-order valence-corrected chi connectivity index (χ3v) is 7.17. The standard InChI is InChI=1S/C29H32N4O7S/c1-19(2)21-12-13-26(30-18-21)41(35,36)33-28-27(40-24-11-6-5-10-23(24)38-4)29(39-15-14-34)32-25(31-28)17-20-8-7-9-22(16-20)37-3/h5-13,16,18-19,34H,14-15,17H2,1-4H3,(H,31,32,33). The van der Waals surface area contributed by atoms with Gasteiger partial charge in [0, 0.05) is 12.6 Å². The van der Waals surface area contributed by atoms with Gasteiger partial charge in [-0.2, -0.15) is 13.4 Å². The van der Waals surface area contributed by atoms with Crippen LogP contribution in [0.2, 0.25) is 0 Å². The molecule has 0 amide bonds. The molecular formula is C29H32N4O7S. The van der Waals surface area contributed by atoms with Crippen molar-refractivity contribution in [3.05, 3.63) is 83.8 Å². The summed E-state index contributed by atoms with van der Waals surface area (Å²) < 4.78 is 52.0. The lowest BCUT2D eigenvalue weighted by atomic mass is 10.1. The average Bonchev–Trinajstić information content (AvgIpc) is 2.97. The van der Waals surface area contributed by atoms with Crippen LogP contribution in [-0.4, -0.2) is 55.9 Å². The molecule has 2 N–H and O–H groups in total. The van der Waals surface area contributed by atoms with E-state index in [1.165, 1.54) is 19.4 Å². The van der Waals surface area contributed by atoms with Crippen molar-refractivity contribution < 1.29 is 32.5 Å². The summed E-state index contributed by atoms with van der Waals surface area (Å²) in [7, 11) is -1.17. The highest BCUT2D eigenvalue weighted by molar-refractivity contribution is 7.92. The number of aliphatic hydroxyl groups excluding tert-OH is 1. The van der Waals surface area contributed by atoms with E-state index in [0.29, 0.717) is 11.5 Å². The third-order valence-electron chi connectivity index (χ3n) is 5.92. The summed E-state index contributed by atoms with van der Waals surface area (Å²) in [5.74, 6) is 1.37. The molecule has 41 heavy (non-hydrogen) atoms. The zero-order valence-electron chi connectivity index (χ0n) is 23.2. The number of sulfonamides is 1. The first-order valence-electron chi connectivity index (χ1n) is 12.8. The molecule has 0 saturated heterocycles. The van der Waals surface area contributed by atoms with Crippen molar-refractivity contribution in [3.8, 4) is 28.9 Å². The molecule has 0 radical (unpaired) electrons. The number of ether oxygens (including phenoxy) is 4. The topological polar surface area (TPSA) is 142 Å². The third kappa shape index (κ3) is 7.41. The number of nitrogens with zero attached hydrogens (tertiary/aromatic N) is 3. The number of hydrogen-bond donors (Lipinski definition) is 2. The molecule has 12 heteroatoms. The molecule has 0 unspecified atom stereocenters. The fourth-order valence-electron chi connectivity index (χ4n) is 3.80. The predicted octanol–water partition coefficient (Wildman–Crippen LogP) is 4.57. The van der Waals surface area contributed by atoms with E-state index < -0.39 is 10.0 Å². The van der Waals surface area contributed by atoms with E-state index in [4.69, 9.17) is 18.9 Å². The van der Waals surface area contributed by atoms with Gasteiger partial charge in [0.25, 0.3) is 15.9 Å². The van der Waals surface area contributed by atoms with Crippen molar-refractivity contribution in [1.82, 2.24) is 15.0 Å². The maximum absolute atomic E-state index is 13.5. The van der Waals surface area contributed by atoms with Gasteiger partial charge in [0.1, 0.15) is 18.2 Å². The monoisotopic (exact) mass is 580 g/mol. The Morgan fingerprint density at radius 1 is 0.951 bits per heavy atom. The van der Waals surface area contributed by atoms with E-state index in [2.05, 4.69) is 19.7 Å². The summed E-state index contributed by atoms with van der Waals surface area (Å²) in [6.45, 7) is 3.55. The first kappa shape index (κ1) is 29.6.